The molecule has 3 aromatic rings. The average molecular weight is 470 g/mol. The van der Waals surface area contributed by atoms with Gasteiger partial charge in [0, 0.05) is 0 Å². The van der Waals surface area contributed by atoms with Gasteiger partial charge in [-0.2, -0.15) is 0 Å². The number of imide groups is 1. The third kappa shape index (κ3) is 3.93. The van der Waals surface area contributed by atoms with Crippen LogP contribution in [0.25, 0.3) is 0 Å². The molecule has 0 N–H and O–H groups in total. The lowest BCUT2D eigenvalue weighted by Crippen LogP contribution is -2.66. The highest BCUT2D eigenvalue weighted by Crippen LogP contribution is 2.34. The van der Waals surface area contributed by atoms with E-state index in [4.69, 9.17) is 9.47 Å². The van der Waals surface area contributed by atoms with Crippen LogP contribution < -0.4 is 4.74 Å². The third-order valence-corrected chi connectivity index (χ3v) is 6.26. The van der Waals surface area contributed by atoms with Crippen LogP contribution in [0.4, 0.5) is 0 Å². The number of amides is 3. The normalized spacial score (nSPS) is 17.6. The highest BCUT2D eigenvalue weighted by atomic mass is 16.5. The zero-order chi connectivity index (χ0) is 24.5. The minimum Gasteiger partial charge on any atom is -0.489 e. The summed E-state index contributed by atoms with van der Waals surface area (Å²) in [6, 6.07) is 21.1. The number of hydrogen-bond donors (Lipinski definition) is 0. The maximum atomic E-state index is 13.1. The number of nitrogens with zero attached hydrogens (tertiary/aromatic N) is 2. The molecular weight excluding hydrogens is 448 g/mol. The molecule has 3 aromatic carbocycles. The number of esters is 1. The number of ether oxygens (including phenoxy) is 2. The Balaban J connectivity index is 1.30. The van der Waals surface area contributed by atoms with Crippen molar-refractivity contribution in [2.45, 2.75) is 18.7 Å². The summed E-state index contributed by atoms with van der Waals surface area (Å²) in [6.07, 6.45) is 0. The lowest BCUT2D eigenvalue weighted by Gasteiger charge is -2.45. The van der Waals surface area contributed by atoms with Crippen molar-refractivity contribution < 1.29 is 28.7 Å². The highest BCUT2D eigenvalue weighted by Gasteiger charge is 2.53. The number of likely N-dealkylation sites (tertiary alicyclic amines) is 1. The van der Waals surface area contributed by atoms with E-state index in [9.17, 15) is 19.2 Å². The van der Waals surface area contributed by atoms with E-state index in [0.29, 0.717) is 17.9 Å². The summed E-state index contributed by atoms with van der Waals surface area (Å²) in [5, 5.41) is 0. The van der Waals surface area contributed by atoms with Crippen LogP contribution >= 0.6 is 0 Å². The summed E-state index contributed by atoms with van der Waals surface area (Å²) >= 11 is 0. The third-order valence-electron chi connectivity index (χ3n) is 6.26. The van der Waals surface area contributed by atoms with E-state index in [1.807, 2.05) is 30.3 Å². The number of benzene rings is 3. The number of rotatable bonds is 7. The first-order valence-corrected chi connectivity index (χ1v) is 11.1. The first-order chi connectivity index (χ1) is 17.0. The second kappa shape index (κ2) is 9.06. The zero-order valence-electron chi connectivity index (χ0n) is 18.9. The Morgan fingerprint density at radius 1 is 0.886 bits per heavy atom. The van der Waals surface area contributed by atoms with Gasteiger partial charge in [-0.25, -0.2) is 4.79 Å². The topological polar surface area (TPSA) is 93.2 Å². The molecule has 8 nitrogen and oxygen atoms in total. The average Bonchev–Trinajstić information content (AvgIpc) is 3.15. The number of carbonyl (C=O) groups excluding carboxylic acids is 4. The van der Waals surface area contributed by atoms with Crippen molar-refractivity contribution >= 4 is 23.7 Å². The summed E-state index contributed by atoms with van der Waals surface area (Å²) in [7, 11) is 1.25. The number of carbonyl (C=O) groups is 4. The van der Waals surface area contributed by atoms with Crippen molar-refractivity contribution in [1.82, 2.24) is 9.80 Å². The Hall–Kier alpha value is -4.46. The lowest BCUT2D eigenvalue weighted by atomic mass is 9.97. The van der Waals surface area contributed by atoms with Gasteiger partial charge in [0.05, 0.1) is 24.8 Å². The predicted octanol–water partition coefficient (Wildman–Crippen LogP) is 2.99. The summed E-state index contributed by atoms with van der Waals surface area (Å²) in [4.78, 5) is 53.5. The van der Waals surface area contributed by atoms with E-state index >= 15 is 0 Å². The molecule has 5 rings (SSSR count). The van der Waals surface area contributed by atoms with Gasteiger partial charge in [0.2, 0.25) is 5.91 Å². The second-order valence-corrected chi connectivity index (χ2v) is 8.30. The minimum atomic E-state index is -0.998. The first kappa shape index (κ1) is 22.3. The maximum absolute atomic E-state index is 13.1. The van der Waals surface area contributed by atoms with Crippen LogP contribution in [0, 0.1) is 0 Å². The number of methoxy groups -OCH3 is 1. The van der Waals surface area contributed by atoms with Gasteiger partial charge in [0.1, 0.15) is 18.4 Å². The minimum absolute atomic E-state index is 0.0380. The molecule has 2 heterocycles. The molecule has 2 aliphatic rings. The van der Waals surface area contributed by atoms with Crippen molar-refractivity contribution in [3.05, 3.63) is 101 Å². The number of fused-ring (bicyclic) bond motifs is 1. The molecule has 0 spiro atoms. The Labute approximate surface area is 201 Å². The van der Waals surface area contributed by atoms with Crippen molar-refractivity contribution in [2.24, 2.45) is 0 Å². The molecule has 2 aliphatic heterocycles. The number of β-lactam (4-membered cyclic amide) rings is 1. The molecule has 176 valence electrons. The fourth-order valence-electron chi connectivity index (χ4n) is 4.39. The zero-order valence-corrected chi connectivity index (χ0v) is 18.9. The van der Waals surface area contributed by atoms with Gasteiger partial charge >= 0.3 is 5.97 Å². The van der Waals surface area contributed by atoms with E-state index in [-0.39, 0.29) is 17.7 Å². The van der Waals surface area contributed by atoms with Crippen molar-refractivity contribution in [3.63, 3.8) is 0 Å². The molecule has 8 heteroatoms. The second-order valence-electron chi connectivity index (χ2n) is 8.30. The van der Waals surface area contributed by atoms with Gasteiger partial charge in [-0.05, 0) is 35.4 Å². The summed E-state index contributed by atoms with van der Waals surface area (Å²) in [5.74, 6) is -1.49. The van der Waals surface area contributed by atoms with Gasteiger partial charge in [-0.3, -0.25) is 19.3 Å². The molecule has 0 radical (unpaired) electrons. The fourth-order valence-corrected chi connectivity index (χ4v) is 4.39. The van der Waals surface area contributed by atoms with Crippen LogP contribution in [0.1, 0.15) is 37.9 Å². The largest absolute Gasteiger partial charge is 0.489 e. The molecule has 2 atom stereocenters. The Bertz CT molecular complexity index is 1270. The van der Waals surface area contributed by atoms with Crippen LogP contribution in [-0.2, 0) is 20.9 Å². The van der Waals surface area contributed by atoms with Crippen molar-refractivity contribution in [2.75, 3.05) is 13.7 Å². The van der Waals surface area contributed by atoms with Crippen LogP contribution in [0.15, 0.2) is 78.9 Å². The molecule has 0 aliphatic carbocycles. The van der Waals surface area contributed by atoms with Gasteiger partial charge < -0.3 is 14.4 Å². The Morgan fingerprint density at radius 3 is 2.06 bits per heavy atom. The van der Waals surface area contributed by atoms with Crippen LogP contribution in [0.5, 0.6) is 5.75 Å². The fraction of sp³-hybridized carbons (Fsp3) is 0.185. The van der Waals surface area contributed by atoms with E-state index in [2.05, 4.69) is 0 Å². The van der Waals surface area contributed by atoms with Crippen molar-refractivity contribution in [3.8, 4) is 5.75 Å². The summed E-state index contributed by atoms with van der Waals surface area (Å²) in [6.45, 7) is 0.434. The van der Waals surface area contributed by atoms with Crippen LogP contribution in [-0.4, -0.2) is 53.2 Å². The quantitative estimate of drug-likeness (QED) is 0.299. The molecular formula is C27H22N2O6. The Kier molecular flexibility index (Phi) is 5.78. The van der Waals surface area contributed by atoms with E-state index in [1.54, 1.807) is 48.5 Å². The molecule has 3 amide bonds. The smallest absolute Gasteiger partial charge is 0.333 e. The number of hydrogen-bond acceptors (Lipinski definition) is 6. The van der Waals surface area contributed by atoms with Gasteiger partial charge in [-0.15, -0.1) is 0 Å². The molecule has 0 aromatic heterocycles. The molecule has 0 saturated carbocycles. The van der Waals surface area contributed by atoms with Crippen LogP contribution in [0.2, 0.25) is 0 Å². The summed E-state index contributed by atoms with van der Waals surface area (Å²) < 4.78 is 10.7. The predicted molar refractivity (Wildman–Crippen MR) is 124 cm³/mol. The first-order valence-electron chi connectivity index (χ1n) is 11.1. The Morgan fingerprint density at radius 2 is 1.49 bits per heavy atom. The van der Waals surface area contributed by atoms with Gasteiger partial charge in [0.15, 0.2) is 6.04 Å². The van der Waals surface area contributed by atoms with Gasteiger partial charge in [-0.1, -0.05) is 54.6 Å². The highest BCUT2D eigenvalue weighted by molar-refractivity contribution is 6.23. The summed E-state index contributed by atoms with van der Waals surface area (Å²) in [5.41, 5.74) is 2.12. The standard InChI is InChI=1S/C27H22N2O6/c1-34-27(33)23(18-11-13-19(14-12-18)35-16-17-7-3-2-4-8-17)28-15-22(26(28)32)29-24(30)20-9-5-6-10-21(20)25(29)31/h2-14,22-23H,15-16H2,1H3. The van der Waals surface area contributed by atoms with E-state index in [0.717, 1.165) is 10.5 Å². The monoisotopic (exact) mass is 470 g/mol. The molecule has 1 fully saturated rings. The molecule has 1 saturated heterocycles. The van der Waals surface area contributed by atoms with E-state index in [1.165, 1.54) is 12.0 Å². The molecule has 0 bridgehead atoms. The van der Waals surface area contributed by atoms with Crippen molar-refractivity contribution in [1.29, 1.82) is 0 Å². The van der Waals surface area contributed by atoms with Gasteiger partial charge in [0.25, 0.3) is 11.8 Å². The lowest BCUT2D eigenvalue weighted by molar-refractivity contribution is -0.163. The van der Waals surface area contributed by atoms with Crippen LogP contribution in [0.3, 0.4) is 0 Å². The SMILES string of the molecule is COC(=O)C(c1ccc(OCc2ccccc2)cc1)N1CC(N2C(=O)c3ccccc3C2=O)C1=O. The molecule has 2 unspecified atom stereocenters. The maximum Gasteiger partial charge on any atom is 0.333 e. The molecule has 35 heavy (non-hydrogen) atoms. The van der Waals surface area contributed by atoms with E-state index < -0.39 is 35.8 Å².